The highest BCUT2D eigenvalue weighted by atomic mass is 32.2. The van der Waals surface area contributed by atoms with Crippen LogP contribution in [0.4, 0.5) is 0 Å². The largest absolute Gasteiger partial charge is 0.870 e. The van der Waals surface area contributed by atoms with Crippen LogP contribution < -0.4 is 15.1 Å². The molecule has 3 N–H and O–H groups in total. The van der Waals surface area contributed by atoms with Crippen LogP contribution in [0.15, 0.2) is 34.9 Å². The zero-order valence-corrected chi connectivity index (χ0v) is 13.7. The molecule has 0 saturated carbocycles. The highest BCUT2D eigenvalue weighted by molar-refractivity contribution is 7.89. The maximum atomic E-state index is 11.8. The Hall–Kier alpha value is -2.06. The van der Waals surface area contributed by atoms with Crippen LogP contribution in [0.25, 0.3) is 5.76 Å². The number of nitrogens with one attached hydrogen (secondary N) is 1. The zero-order valence-electron chi connectivity index (χ0n) is 12.9. The van der Waals surface area contributed by atoms with E-state index in [0.29, 0.717) is 0 Å². The number of esters is 1. The molecular formula is C15H20N2O5S. The molecule has 8 heteroatoms. The standard InChI is InChI=1S/C10H9NO5S.C5H11N/c1-16-10(13)8-9(12)6-4-2-3-5-7(6)17(14,15)11-8;1-2-4-6-5-3-1/h2-5,11-12H,1H3;6H,1-5H2. The number of ether oxygens (including phenoxy) is 1. The van der Waals surface area contributed by atoms with Crippen molar-refractivity contribution in [2.24, 2.45) is 0 Å². The van der Waals surface area contributed by atoms with Gasteiger partial charge in [0.05, 0.1) is 25.1 Å². The molecule has 0 aromatic heterocycles. The third kappa shape index (κ3) is 4.02. The first-order valence-electron chi connectivity index (χ1n) is 7.41. The van der Waals surface area contributed by atoms with Crippen LogP contribution in [0.5, 0.6) is 0 Å². The second-order valence-corrected chi connectivity index (χ2v) is 6.87. The Bertz CT molecular complexity index is 697. The molecule has 0 unspecified atom stereocenters. The Balaban J connectivity index is 0.000000268. The summed E-state index contributed by atoms with van der Waals surface area (Å²) in [5.74, 6) is -1.70. The number of fused-ring (bicyclic) bond motifs is 1. The van der Waals surface area contributed by atoms with Crippen molar-refractivity contribution in [3.05, 3.63) is 35.5 Å². The summed E-state index contributed by atoms with van der Waals surface area (Å²) in [7, 11) is -2.82. The molecule has 1 fully saturated rings. The Morgan fingerprint density at radius 2 is 1.87 bits per heavy atom. The van der Waals surface area contributed by atoms with E-state index in [0.717, 1.165) is 7.11 Å². The van der Waals surface area contributed by atoms with E-state index >= 15 is 0 Å². The number of hydrogen-bond acceptors (Lipinski definition) is 5. The number of nitrogens with two attached hydrogens (primary N) is 1. The molecule has 126 valence electrons. The van der Waals surface area contributed by atoms with Crippen molar-refractivity contribution in [2.75, 3.05) is 20.2 Å². The second kappa shape index (κ2) is 7.47. The quantitative estimate of drug-likeness (QED) is 0.631. The number of hydrogen-bond donors (Lipinski definition) is 2. The fourth-order valence-electron chi connectivity index (χ4n) is 2.39. The molecule has 0 atom stereocenters. The highest BCUT2D eigenvalue weighted by Crippen LogP contribution is 2.27. The summed E-state index contributed by atoms with van der Waals surface area (Å²) < 4.78 is 29.8. The van der Waals surface area contributed by atoms with Gasteiger partial charge in [-0.15, -0.1) is 0 Å². The highest BCUT2D eigenvalue weighted by Gasteiger charge is 2.28. The number of benzene rings is 1. The number of carbonyl (C=O) groups excluding carboxylic acids is 1. The molecule has 0 aliphatic carbocycles. The van der Waals surface area contributed by atoms with Gasteiger partial charge in [-0.05, 0) is 30.9 Å². The maximum Gasteiger partial charge on any atom is 0.354 e. The van der Waals surface area contributed by atoms with Crippen molar-refractivity contribution in [3.8, 4) is 0 Å². The summed E-state index contributed by atoms with van der Waals surface area (Å²) in [6.07, 6.45) is 4.36. The van der Waals surface area contributed by atoms with Crippen molar-refractivity contribution < 1.29 is 28.4 Å². The van der Waals surface area contributed by atoms with Crippen molar-refractivity contribution in [1.82, 2.24) is 4.72 Å². The Labute approximate surface area is 135 Å². The topological polar surface area (TPSA) is 112 Å². The van der Waals surface area contributed by atoms with Crippen LogP contribution in [0.1, 0.15) is 24.8 Å². The summed E-state index contributed by atoms with van der Waals surface area (Å²) in [5.41, 5.74) is -0.627. The van der Waals surface area contributed by atoms with Crippen LogP contribution in [0.3, 0.4) is 0 Å². The molecule has 0 spiro atoms. The first-order chi connectivity index (χ1) is 11.0. The molecule has 7 nitrogen and oxygen atoms in total. The van der Waals surface area contributed by atoms with Crippen LogP contribution >= 0.6 is 0 Å². The first-order valence-corrected chi connectivity index (χ1v) is 8.89. The number of sulfonamides is 1. The van der Waals surface area contributed by atoms with E-state index in [-0.39, 0.29) is 10.5 Å². The lowest BCUT2D eigenvalue weighted by molar-refractivity contribution is -0.662. The Morgan fingerprint density at radius 3 is 2.39 bits per heavy atom. The van der Waals surface area contributed by atoms with Gasteiger partial charge in [0.15, 0.2) is 0 Å². The molecule has 0 amide bonds. The summed E-state index contributed by atoms with van der Waals surface area (Å²) in [4.78, 5) is 11.1. The number of quaternary nitrogens is 1. The minimum Gasteiger partial charge on any atom is -0.870 e. The molecule has 1 saturated heterocycles. The predicted octanol–water partition coefficient (Wildman–Crippen LogP) is -1.09. The summed E-state index contributed by atoms with van der Waals surface area (Å²) in [5, 5.41) is 14.2. The van der Waals surface area contributed by atoms with E-state index in [1.807, 2.05) is 4.72 Å². The van der Waals surface area contributed by atoms with Crippen LogP contribution in [0, 0.1) is 0 Å². The van der Waals surface area contributed by atoms with Gasteiger partial charge >= 0.3 is 5.97 Å². The van der Waals surface area contributed by atoms with E-state index in [2.05, 4.69) is 10.1 Å². The van der Waals surface area contributed by atoms with Gasteiger partial charge in [-0.2, -0.15) is 0 Å². The summed E-state index contributed by atoms with van der Waals surface area (Å²) in [6.45, 7) is 2.75. The Morgan fingerprint density at radius 1 is 1.22 bits per heavy atom. The average molecular weight is 340 g/mol. The third-order valence-corrected chi connectivity index (χ3v) is 5.00. The smallest absolute Gasteiger partial charge is 0.354 e. The van der Waals surface area contributed by atoms with Gasteiger partial charge in [0, 0.05) is 0 Å². The lowest BCUT2D eigenvalue weighted by atomic mass is 10.1. The minimum atomic E-state index is -3.89. The molecule has 0 radical (unpaired) electrons. The van der Waals surface area contributed by atoms with Crippen LogP contribution in [0.2, 0.25) is 0 Å². The number of rotatable bonds is 1. The minimum absolute atomic E-state index is 0.0355. The second-order valence-electron chi connectivity index (χ2n) is 5.22. The van der Waals surface area contributed by atoms with E-state index in [1.54, 1.807) is 0 Å². The van der Waals surface area contributed by atoms with Crippen LogP contribution in [-0.4, -0.2) is 34.6 Å². The van der Waals surface area contributed by atoms with Gasteiger partial charge in [0.2, 0.25) is 0 Å². The average Bonchev–Trinajstić information content (AvgIpc) is 2.60. The SMILES string of the molecule is C1CC[NH2+]CC1.COC(=O)C1=C([O-])c2ccccc2S(=O)(=O)N1. The van der Waals surface area contributed by atoms with E-state index in [1.165, 1.54) is 56.6 Å². The Kier molecular flexibility index (Phi) is 5.62. The van der Waals surface area contributed by atoms with Crippen molar-refractivity contribution in [3.63, 3.8) is 0 Å². The fraction of sp³-hybridized carbons (Fsp3) is 0.400. The van der Waals surface area contributed by atoms with Crippen molar-refractivity contribution >= 4 is 21.8 Å². The van der Waals surface area contributed by atoms with E-state index in [4.69, 9.17) is 0 Å². The lowest BCUT2D eigenvalue weighted by Gasteiger charge is -2.26. The molecule has 0 bridgehead atoms. The molecule has 2 aliphatic rings. The molecule has 2 heterocycles. The van der Waals surface area contributed by atoms with Gasteiger partial charge in [0.1, 0.15) is 5.70 Å². The van der Waals surface area contributed by atoms with Gasteiger partial charge in [-0.1, -0.05) is 24.0 Å². The molecule has 1 aromatic carbocycles. The summed E-state index contributed by atoms with van der Waals surface area (Å²) in [6, 6.07) is 5.66. The van der Waals surface area contributed by atoms with E-state index < -0.39 is 27.4 Å². The number of piperidine rings is 1. The molecule has 23 heavy (non-hydrogen) atoms. The van der Waals surface area contributed by atoms with Gasteiger partial charge in [-0.25, -0.2) is 13.2 Å². The van der Waals surface area contributed by atoms with Crippen LogP contribution in [-0.2, 0) is 19.6 Å². The van der Waals surface area contributed by atoms with E-state index in [9.17, 15) is 18.3 Å². The number of methoxy groups -OCH3 is 1. The zero-order chi connectivity index (χ0) is 16.9. The van der Waals surface area contributed by atoms with Crippen molar-refractivity contribution in [2.45, 2.75) is 24.2 Å². The molecule has 3 rings (SSSR count). The summed E-state index contributed by atoms with van der Waals surface area (Å²) >= 11 is 0. The van der Waals surface area contributed by atoms with Gasteiger partial charge < -0.3 is 15.2 Å². The normalized spacial score (nSPS) is 18.8. The monoisotopic (exact) mass is 340 g/mol. The first kappa shape index (κ1) is 17.3. The lowest BCUT2D eigenvalue weighted by Crippen LogP contribution is -2.85. The maximum absolute atomic E-state index is 11.8. The molecule has 1 aromatic rings. The number of carbonyl (C=O) groups is 1. The van der Waals surface area contributed by atoms with Gasteiger partial charge in [0.25, 0.3) is 10.0 Å². The molecular weight excluding hydrogens is 320 g/mol. The third-order valence-electron chi connectivity index (χ3n) is 3.59. The molecule has 2 aliphatic heterocycles. The predicted molar refractivity (Wildman–Crippen MR) is 81.2 cm³/mol. The van der Waals surface area contributed by atoms with Gasteiger partial charge in [-0.3, -0.25) is 4.72 Å². The fourth-order valence-corrected chi connectivity index (χ4v) is 3.66. The van der Waals surface area contributed by atoms with Crippen molar-refractivity contribution in [1.29, 1.82) is 0 Å².